The molecule has 0 saturated heterocycles. The SMILES string of the molecule is O=C(O)C1=C(C(O)Nc2sc3ccccc3c2-c2nc(C3CC3)no2)C2CCC1CC2. The third-order valence-corrected chi connectivity index (χ3v) is 7.97. The van der Waals surface area contributed by atoms with Gasteiger partial charge in [0.05, 0.1) is 5.56 Å². The highest BCUT2D eigenvalue weighted by atomic mass is 32.1. The molecule has 1 unspecified atom stereocenters. The maximum Gasteiger partial charge on any atom is 0.331 e. The lowest BCUT2D eigenvalue weighted by Crippen LogP contribution is -2.37. The predicted molar refractivity (Wildman–Crippen MR) is 117 cm³/mol. The lowest BCUT2D eigenvalue weighted by Gasteiger charge is -2.40. The van der Waals surface area contributed by atoms with Crippen molar-refractivity contribution in [1.82, 2.24) is 10.1 Å². The summed E-state index contributed by atoms with van der Waals surface area (Å²) >= 11 is 1.51. The van der Waals surface area contributed by atoms with E-state index < -0.39 is 12.2 Å². The number of aliphatic hydroxyl groups excluding tert-OH is 1. The Morgan fingerprint density at radius 2 is 1.81 bits per heavy atom. The van der Waals surface area contributed by atoms with Gasteiger partial charge in [-0.25, -0.2) is 4.79 Å². The zero-order valence-electron chi connectivity index (χ0n) is 16.9. The van der Waals surface area contributed by atoms with Crippen molar-refractivity contribution in [2.45, 2.75) is 50.7 Å². The number of nitrogens with zero attached hydrogens (tertiary/aromatic N) is 2. The summed E-state index contributed by atoms with van der Waals surface area (Å²) in [5.41, 5.74) is 1.82. The molecule has 4 aliphatic carbocycles. The third-order valence-electron chi connectivity index (χ3n) is 6.87. The molecule has 2 heterocycles. The minimum absolute atomic E-state index is 0.0351. The van der Waals surface area contributed by atoms with Crippen molar-refractivity contribution in [1.29, 1.82) is 0 Å². The summed E-state index contributed by atoms with van der Waals surface area (Å²) in [7, 11) is 0. The minimum atomic E-state index is -1.06. The van der Waals surface area contributed by atoms with Gasteiger partial charge < -0.3 is 20.1 Å². The lowest BCUT2D eigenvalue weighted by atomic mass is 9.66. The van der Waals surface area contributed by atoms with Gasteiger partial charge in [-0.3, -0.25) is 0 Å². The maximum absolute atomic E-state index is 12.0. The Labute approximate surface area is 182 Å². The number of benzene rings is 1. The van der Waals surface area contributed by atoms with Crippen molar-refractivity contribution in [3.63, 3.8) is 0 Å². The molecule has 7 rings (SSSR count). The predicted octanol–water partition coefficient (Wildman–Crippen LogP) is 4.76. The number of aromatic nitrogens is 2. The number of carboxylic acids is 1. The quantitative estimate of drug-likeness (QED) is 0.477. The highest BCUT2D eigenvalue weighted by molar-refractivity contribution is 7.23. The van der Waals surface area contributed by atoms with E-state index in [1.54, 1.807) is 0 Å². The first-order valence-electron chi connectivity index (χ1n) is 10.9. The van der Waals surface area contributed by atoms with Crippen molar-refractivity contribution >= 4 is 32.4 Å². The molecule has 0 spiro atoms. The fraction of sp³-hybridized carbons (Fsp3) is 0.435. The monoisotopic (exact) mass is 437 g/mol. The third kappa shape index (κ3) is 3.16. The number of anilines is 1. The van der Waals surface area contributed by atoms with Crippen LogP contribution in [0.15, 0.2) is 39.9 Å². The van der Waals surface area contributed by atoms with E-state index in [9.17, 15) is 15.0 Å². The van der Waals surface area contributed by atoms with Crippen LogP contribution in [0.25, 0.3) is 21.5 Å². The molecule has 2 saturated carbocycles. The van der Waals surface area contributed by atoms with E-state index in [0.29, 0.717) is 23.0 Å². The normalized spacial score (nSPS) is 24.0. The Morgan fingerprint density at radius 1 is 1.10 bits per heavy atom. The van der Waals surface area contributed by atoms with Crippen molar-refractivity contribution in [3.8, 4) is 11.5 Å². The highest BCUT2D eigenvalue weighted by Crippen LogP contribution is 2.48. The molecular weight excluding hydrogens is 414 g/mol. The number of hydrogen-bond acceptors (Lipinski definition) is 7. The average molecular weight is 438 g/mol. The van der Waals surface area contributed by atoms with Crippen molar-refractivity contribution in [2.24, 2.45) is 11.8 Å². The van der Waals surface area contributed by atoms with Crippen LogP contribution in [0.4, 0.5) is 5.00 Å². The second-order valence-corrected chi connectivity index (χ2v) is 9.86. The molecule has 4 aliphatic rings. The van der Waals surface area contributed by atoms with Crippen LogP contribution in [0.1, 0.15) is 50.3 Å². The van der Waals surface area contributed by atoms with Crippen LogP contribution in [-0.4, -0.2) is 32.6 Å². The summed E-state index contributed by atoms with van der Waals surface area (Å²) in [6.07, 6.45) is 4.76. The van der Waals surface area contributed by atoms with Crippen LogP contribution in [0.2, 0.25) is 0 Å². The fourth-order valence-corrected chi connectivity index (χ4v) is 6.34. The Hall–Kier alpha value is -2.71. The number of hydrogen-bond donors (Lipinski definition) is 3. The van der Waals surface area contributed by atoms with Gasteiger partial charge in [-0.05, 0) is 62.0 Å². The van der Waals surface area contributed by atoms with E-state index in [1.807, 2.05) is 24.3 Å². The largest absolute Gasteiger partial charge is 0.478 e. The van der Waals surface area contributed by atoms with Crippen LogP contribution < -0.4 is 5.32 Å². The molecular formula is C23H23N3O4S. The second kappa shape index (κ2) is 7.17. The molecule has 8 heteroatoms. The number of nitrogens with one attached hydrogen (secondary N) is 1. The van der Waals surface area contributed by atoms with Crippen molar-refractivity contribution in [3.05, 3.63) is 41.2 Å². The molecule has 2 fully saturated rings. The number of carbonyl (C=O) groups is 1. The van der Waals surface area contributed by atoms with E-state index in [-0.39, 0.29) is 11.8 Å². The summed E-state index contributed by atoms with van der Waals surface area (Å²) in [4.78, 5) is 16.6. The van der Waals surface area contributed by atoms with E-state index >= 15 is 0 Å². The first kappa shape index (κ1) is 19.0. The Bertz CT molecular complexity index is 1200. The Balaban J connectivity index is 1.42. The van der Waals surface area contributed by atoms with Crippen LogP contribution in [-0.2, 0) is 4.79 Å². The second-order valence-electron chi connectivity index (χ2n) is 8.80. The number of carboxylic acid groups (broad SMARTS) is 1. The minimum Gasteiger partial charge on any atom is -0.478 e. The fourth-order valence-electron chi connectivity index (χ4n) is 5.22. The lowest BCUT2D eigenvalue weighted by molar-refractivity contribution is -0.134. The first-order valence-corrected chi connectivity index (χ1v) is 11.7. The number of fused-ring (bicyclic) bond motifs is 3. The summed E-state index contributed by atoms with van der Waals surface area (Å²) in [6, 6.07) is 7.95. The number of thiophene rings is 1. The van der Waals surface area contributed by atoms with E-state index in [1.165, 1.54) is 11.3 Å². The molecule has 160 valence electrons. The van der Waals surface area contributed by atoms with Crippen LogP contribution in [0.5, 0.6) is 0 Å². The molecule has 0 radical (unpaired) electrons. The molecule has 1 aromatic carbocycles. The van der Waals surface area contributed by atoms with Crippen LogP contribution in [0, 0.1) is 11.8 Å². The van der Waals surface area contributed by atoms with Crippen molar-refractivity contribution in [2.75, 3.05) is 5.32 Å². The standard InChI is InChI=1S/C23H23N3O4S/c27-20(16-11-5-7-12(8-6-11)17(16)23(28)29)25-22-18(14-3-1-2-4-15(14)31-22)21-24-19(26-30-21)13-9-10-13/h1-4,11-13,20,25,27H,5-10H2,(H,28,29). The Morgan fingerprint density at radius 3 is 2.55 bits per heavy atom. The topological polar surface area (TPSA) is 108 Å². The summed E-state index contributed by atoms with van der Waals surface area (Å²) < 4.78 is 6.65. The van der Waals surface area contributed by atoms with Gasteiger partial charge in [0, 0.05) is 21.6 Å². The Kier molecular flexibility index (Phi) is 4.40. The van der Waals surface area contributed by atoms with Gasteiger partial charge in [0.25, 0.3) is 5.89 Å². The van der Waals surface area contributed by atoms with E-state index in [0.717, 1.165) is 65.0 Å². The molecule has 31 heavy (non-hydrogen) atoms. The average Bonchev–Trinajstić information content (AvgIpc) is 3.41. The molecule has 0 aliphatic heterocycles. The molecule has 3 N–H and O–H groups in total. The van der Waals surface area contributed by atoms with Gasteiger partial charge in [0.1, 0.15) is 11.2 Å². The molecule has 1 atom stereocenters. The van der Waals surface area contributed by atoms with Gasteiger partial charge in [-0.1, -0.05) is 23.4 Å². The van der Waals surface area contributed by atoms with Gasteiger partial charge >= 0.3 is 5.97 Å². The number of aliphatic hydroxyl groups is 1. The molecule has 2 aromatic heterocycles. The summed E-state index contributed by atoms with van der Waals surface area (Å²) in [5.74, 6) is 0.788. The molecule has 0 amide bonds. The summed E-state index contributed by atoms with van der Waals surface area (Å²) in [6.45, 7) is 0. The van der Waals surface area contributed by atoms with Crippen LogP contribution in [0.3, 0.4) is 0 Å². The molecule has 7 nitrogen and oxygen atoms in total. The number of aliphatic carboxylic acids is 1. The van der Waals surface area contributed by atoms with Gasteiger partial charge in [-0.15, -0.1) is 11.3 Å². The maximum atomic E-state index is 12.0. The number of rotatable bonds is 6. The molecule has 2 bridgehead atoms. The van der Waals surface area contributed by atoms with E-state index in [4.69, 9.17) is 4.52 Å². The summed E-state index contributed by atoms with van der Waals surface area (Å²) in [5, 5.41) is 30.1. The zero-order valence-corrected chi connectivity index (χ0v) is 17.7. The van der Waals surface area contributed by atoms with Gasteiger partial charge in [-0.2, -0.15) is 4.98 Å². The van der Waals surface area contributed by atoms with Gasteiger partial charge in [0.2, 0.25) is 0 Å². The van der Waals surface area contributed by atoms with Crippen LogP contribution >= 0.6 is 11.3 Å². The van der Waals surface area contributed by atoms with E-state index in [2.05, 4.69) is 15.5 Å². The highest BCUT2D eigenvalue weighted by Gasteiger charge is 2.41. The first-order chi connectivity index (χ1) is 15.1. The van der Waals surface area contributed by atoms with Gasteiger partial charge in [0.15, 0.2) is 5.82 Å². The smallest absolute Gasteiger partial charge is 0.331 e. The molecule has 3 aromatic rings. The zero-order chi connectivity index (χ0) is 21.1. The van der Waals surface area contributed by atoms with Crippen molar-refractivity contribution < 1.29 is 19.5 Å².